The molecule has 0 rings (SSSR count). The summed E-state index contributed by atoms with van der Waals surface area (Å²) in [4.78, 5) is 11.4. The quantitative estimate of drug-likeness (QED) is 0.350. The molecule has 0 atom stereocenters. The van der Waals surface area contributed by atoms with Gasteiger partial charge >= 0.3 is 5.97 Å². The minimum atomic E-state index is -1.35. The van der Waals surface area contributed by atoms with E-state index in [4.69, 9.17) is 16.2 Å². The molecule has 0 aliphatic rings. The van der Waals surface area contributed by atoms with Gasteiger partial charge in [-0.25, -0.2) is 4.79 Å². The van der Waals surface area contributed by atoms with E-state index >= 15 is 0 Å². The van der Waals surface area contributed by atoms with Crippen LogP contribution >= 0.6 is 0 Å². The lowest BCUT2D eigenvalue weighted by Gasteiger charge is -2.27. The Morgan fingerprint density at radius 2 is 1.85 bits per heavy atom. The van der Waals surface area contributed by atoms with E-state index in [9.17, 15) is 4.79 Å². The summed E-state index contributed by atoms with van der Waals surface area (Å²) in [6.07, 6.45) is 1.19. The second-order valence-corrected chi connectivity index (χ2v) is 4.29. The average molecular weight is 186 g/mol. The van der Waals surface area contributed by atoms with Gasteiger partial charge in [-0.1, -0.05) is 6.32 Å². The number of esters is 1. The molecule has 0 saturated carbocycles. The van der Waals surface area contributed by atoms with Gasteiger partial charge in [-0.05, 0) is 27.2 Å². The maximum absolute atomic E-state index is 11.4. The van der Waals surface area contributed by atoms with Crippen LogP contribution in [0.3, 0.4) is 0 Å². The zero-order valence-corrected chi connectivity index (χ0v) is 8.89. The van der Waals surface area contributed by atoms with Crippen molar-refractivity contribution in [3.8, 4) is 0 Å². The van der Waals surface area contributed by atoms with E-state index in [1.54, 1.807) is 20.8 Å². The Bertz CT molecular complexity index is 187. The van der Waals surface area contributed by atoms with Gasteiger partial charge in [-0.2, -0.15) is 0 Å². The lowest BCUT2D eigenvalue weighted by Crippen LogP contribution is -2.58. The molecule has 0 aromatic heterocycles. The van der Waals surface area contributed by atoms with Crippen LogP contribution in [-0.4, -0.2) is 25.1 Å². The van der Waals surface area contributed by atoms with Crippen molar-refractivity contribution in [2.75, 3.05) is 0 Å². The fraction of sp³-hybridized carbons (Fsp3) is 0.875. The Morgan fingerprint density at radius 1 is 1.38 bits per heavy atom. The zero-order chi connectivity index (χ0) is 10.7. The number of nitrogens with two attached hydrogens (primary N) is 2. The van der Waals surface area contributed by atoms with Crippen LogP contribution in [0.5, 0.6) is 0 Å². The Labute approximate surface area is 80.4 Å². The minimum Gasteiger partial charge on any atom is -0.458 e. The second-order valence-electron chi connectivity index (χ2n) is 4.29. The van der Waals surface area contributed by atoms with Crippen molar-refractivity contribution in [3.05, 3.63) is 0 Å². The van der Waals surface area contributed by atoms with Crippen molar-refractivity contribution in [3.63, 3.8) is 0 Å². The molecular formula is C8H19BN2O2. The molecule has 4 nitrogen and oxygen atoms in total. The minimum absolute atomic E-state index is 0.432. The topological polar surface area (TPSA) is 78.3 Å². The molecule has 4 N–H and O–H groups in total. The van der Waals surface area contributed by atoms with Crippen molar-refractivity contribution in [1.29, 1.82) is 0 Å². The van der Waals surface area contributed by atoms with Crippen LogP contribution in [0, 0.1) is 0 Å². The summed E-state index contributed by atoms with van der Waals surface area (Å²) in [6, 6.07) is 0. The zero-order valence-electron chi connectivity index (χ0n) is 8.89. The first-order chi connectivity index (χ1) is 5.69. The maximum Gasteiger partial charge on any atom is 0.341 e. The lowest BCUT2D eigenvalue weighted by atomic mass is 9.94. The Morgan fingerprint density at radius 3 is 2.15 bits per heavy atom. The van der Waals surface area contributed by atoms with Crippen LogP contribution in [0.4, 0.5) is 0 Å². The molecule has 0 spiro atoms. The molecule has 0 fully saturated rings. The van der Waals surface area contributed by atoms with Gasteiger partial charge in [-0.15, -0.1) is 0 Å². The van der Waals surface area contributed by atoms with Crippen molar-refractivity contribution >= 4 is 13.8 Å². The SMILES string of the molecule is BCCC(N)(N)C(=O)OC(C)(C)C. The first kappa shape index (κ1) is 12.5. The maximum atomic E-state index is 11.4. The number of rotatable bonds is 3. The van der Waals surface area contributed by atoms with Crippen molar-refractivity contribution in [2.24, 2.45) is 11.5 Å². The third-order valence-electron chi connectivity index (χ3n) is 1.44. The van der Waals surface area contributed by atoms with Crippen molar-refractivity contribution < 1.29 is 9.53 Å². The van der Waals surface area contributed by atoms with Crippen molar-refractivity contribution in [2.45, 2.75) is 44.8 Å². The van der Waals surface area contributed by atoms with Gasteiger partial charge in [0.15, 0.2) is 5.66 Å². The Kier molecular flexibility index (Phi) is 3.94. The molecule has 13 heavy (non-hydrogen) atoms. The van der Waals surface area contributed by atoms with E-state index in [-0.39, 0.29) is 0 Å². The number of carbonyl (C=O) groups excluding carboxylic acids is 1. The molecule has 5 heteroatoms. The van der Waals surface area contributed by atoms with Crippen molar-refractivity contribution in [1.82, 2.24) is 0 Å². The standard InChI is InChI=1S/C8H19BN2O2/c1-7(2,3)13-6(12)8(10,11)4-5-9/h4-5,9-11H2,1-3H3. The van der Waals surface area contributed by atoms with Gasteiger partial charge in [-0.3, -0.25) is 0 Å². The highest BCUT2D eigenvalue weighted by atomic mass is 16.6. The molecule has 0 bridgehead atoms. The largest absolute Gasteiger partial charge is 0.458 e. The Hall–Kier alpha value is -0.545. The summed E-state index contributed by atoms with van der Waals surface area (Å²) in [5.74, 6) is -0.540. The predicted octanol–water partition coefficient (Wildman–Crippen LogP) is -0.617. The average Bonchev–Trinajstić information content (AvgIpc) is 1.82. The van der Waals surface area contributed by atoms with Crippen LogP contribution in [0.1, 0.15) is 27.2 Å². The van der Waals surface area contributed by atoms with E-state index in [0.717, 1.165) is 6.32 Å². The highest BCUT2D eigenvalue weighted by Crippen LogP contribution is 2.12. The summed E-state index contributed by atoms with van der Waals surface area (Å²) in [7, 11) is 1.92. The van der Waals surface area contributed by atoms with E-state index in [2.05, 4.69) is 0 Å². The van der Waals surface area contributed by atoms with Crippen LogP contribution < -0.4 is 11.5 Å². The first-order valence-corrected chi connectivity index (χ1v) is 4.50. The van der Waals surface area contributed by atoms with E-state index in [0.29, 0.717) is 6.42 Å². The third kappa shape index (κ3) is 4.90. The van der Waals surface area contributed by atoms with Crippen LogP contribution in [0.15, 0.2) is 0 Å². The van der Waals surface area contributed by atoms with Gasteiger partial charge in [0, 0.05) is 0 Å². The van der Waals surface area contributed by atoms with E-state index in [1.807, 2.05) is 7.85 Å². The van der Waals surface area contributed by atoms with E-state index in [1.165, 1.54) is 0 Å². The molecule has 0 saturated heterocycles. The van der Waals surface area contributed by atoms with Crippen LogP contribution in [-0.2, 0) is 9.53 Å². The van der Waals surface area contributed by atoms with Crippen LogP contribution in [0.25, 0.3) is 0 Å². The first-order valence-electron chi connectivity index (χ1n) is 4.50. The highest BCUT2D eigenvalue weighted by Gasteiger charge is 2.32. The van der Waals surface area contributed by atoms with Gasteiger partial charge in [0.25, 0.3) is 0 Å². The summed E-state index contributed by atoms with van der Waals surface area (Å²) < 4.78 is 5.07. The van der Waals surface area contributed by atoms with Gasteiger partial charge in [0.2, 0.25) is 0 Å². The monoisotopic (exact) mass is 186 g/mol. The molecule has 0 unspecified atom stereocenters. The third-order valence-corrected chi connectivity index (χ3v) is 1.44. The van der Waals surface area contributed by atoms with E-state index < -0.39 is 17.2 Å². The molecule has 0 radical (unpaired) electrons. The number of ether oxygens (including phenoxy) is 1. The summed E-state index contributed by atoms with van der Waals surface area (Å²) in [5.41, 5.74) is 9.28. The Balaban J connectivity index is 4.25. The summed E-state index contributed by atoms with van der Waals surface area (Å²) in [5, 5.41) is 0. The second kappa shape index (κ2) is 4.11. The molecule has 0 aromatic rings. The summed E-state index contributed by atoms with van der Waals surface area (Å²) in [6.45, 7) is 5.35. The van der Waals surface area contributed by atoms with Crippen LogP contribution in [0.2, 0.25) is 6.32 Å². The molecular weight excluding hydrogens is 167 g/mol. The summed E-state index contributed by atoms with van der Waals surface area (Å²) >= 11 is 0. The lowest BCUT2D eigenvalue weighted by molar-refractivity contribution is -0.161. The number of hydrogen-bond acceptors (Lipinski definition) is 4. The fourth-order valence-electron chi connectivity index (χ4n) is 0.889. The van der Waals surface area contributed by atoms with Gasteiger partial charge in [0.1, 0.15) is 13.4 Å². The molecule has 0 aliphatic carbocycles. The molecule has 0 heterocycles. The normalized spacial score (nSPS) is 12.7. The molecule has 0 aliphatic heterocycles. The smallest absolute Gasteiger partial charge is 0.341 e. The molecule has 76 valence electrons. The molecule has 0 amide bonds. The van der Waals surface area contributed by atoms with Gasteiger partial charge < -0.3 is 16.2 Å². The molecule has 0 aromatic carbocycles. The number of hydrogen-bond donors (Lipinski definition) is 2. The predicted molar refractivity (Wildman–Crippen MR) is 54.9 cm³/mol. The highest BCUT2D eigenvalue weighted by molar-refractivity contribution is 6.08. The fourth-order valence-corrected chi connectivity index (χ4v) is 0.889. The number of carbonyl (C=O) groups is 1. The van der Waals surface area contributed by atoms with Gasteiger partial charge in [0.05, 0.1) is 0 Å².